The highest BCUT2D eigenvalue weighted by atomic mass is 15.0. The molecule has 0 aromatic heterocycles. The van der Waals surface area contributed by atoms with Gasteiger partial charge < -0.3 is 0 Å². The molecule has 0 spiro atoms. The van der Waals surface area contributed by atoms with Crippen LogP contribution in [0.4, 0.5) is 0 Å². The third-order valence-corrected chi connectivity index (χ3v) is 4.98. The minimum atomic E-state index is -0.200. The van der Waals surface area contributed by atoms with Gasteiger partial charge in [-0.1, -0.05) is 51.9 Å². The molecule has 2 rings (SSSR count). The van der Waals surface area contributed by atoms with E-state index in [4.69, 9.17) is 0 Å². The maximum atomic E-state index is 9.64. The molecule has 0 aromatic rings. The second-order valence-electron chi connectivity index (χ2n) is 6.40. The molecule has 0 radical (unpaired) electrons. The molecule has 0 heterocycles. The molecule has 2 aliphatic rings. The lowest BCUT2D eigenvalue weighted by Crippen LogP contribution is -2.52. The van der Waals surface area contributed by atoms with Crippen LogP contribution in [0.25, 0.3) is 0 Å². The van der Waals surface area contributed by atoms with Crippen molar-refractivity contribution in [3.05, 3.63) is 0 Å². The summed E-state index contributed by atoms with van der Waals surface area (Å²) in [6, 6.07) is 3.24. The van der Waals surface area contributed by atoms with E-state index in [0.29, 0.717) is 6.04 Å². The van der Waals surface area contributed by atoms with Gasteiger partial charge in [-0.25, -0.2) is 0 Å². The van der Waals surface area contributed by atoms with Crippen molar-refractivity contribution >= 4 is 0 Å². The lowest BCUT2D eigenvalue weighted by atomic mass is 9.75. The molecule has 0 amide bonds. The average Bonchev–Trinajstić information content (AvgIpc) is 2.67. The van der Waals surface area contributed by atoms with Crippen molar-refractivity contribution in [2.24, 2.45) is 5.92 Å². The monoisotopic (exact) mass is 248 g/mol. The Balaban J connectivity index is 1.96. The van der Waals surface area contributed by atoms with Crippen LogP contribution in [0.15, 0.2) is 0 Å². The van der Waals surface area contributed by atoms with Crippen LogP contribution in [0.1, 0.15) is 77.6 Å². The molecular weight excluding hydrogens is 220 g/mol. The topological polar surface area (TPSA) is 35.8 Å². The summed E-state index contributed by atoms with van der Waals surface area (Å²) in [5.41, 5.74) is -0.200. The van der Waals surface area contributed by atoms with Crippen LogP contribution in [-0.2, 0) is 0 Å². The van der Waals surface area contributed by atoms with Gasteiger partial charge in [0.05, 0.1) is 6.07 Å². The van der Waals surface area contributed by atoms with Crippen molar-refractivity contribution in [3.63, 3.8) is 0 Å². The number of hydrogen-bond donors (Lipinski definition) is 1. The molecule has 0 aliphatic heterocycles. The fraction of sp³-hybridized carbons (Fsp3) is 0.938. The molecule has 18 heavy (non-hydrogen) atoms. The van der Waals surface area contributed by atoms with Crippen LogP contribution in [0, 0.1) is 17.2 Å². The molecule has 2 heteroatoms. The summed E-state index contributed by atoms with van der Waals surface area (Å²) < 4.78 is 0. The van der Waals surface area contributed by atoms with Gasteiger partial charge >= 0.3 is 0 Å². The molecule has 2 nitrogen and oxygen atoms in total. The van der Waals surface area contributed by atoms with Crippen LogP contribution >= 0.6 is 0 Å². The molecule has 2 fully saturated rings. The summed E-state index contributed by atoms with van der Waals surface area (Å²) in [7, 11) is 0. The predicted octanol–water partition coefficient (Wildman–Crippen LogP) is 4.16. The molecule has 0 aromatic carbocycles. The van der Waals surface area contributed by atoms with Crippen LogP contribution in [-0.4, -0.2) is 11.6 Å². The number of nitrogens with one attached hydrogen (secondary N) is 1. The molecule has 2 atom stereocenters. The SMILES string of the molecule is CCC1CCCC(C#N)(NC2CCCCCC2)C1. The first-order valence-corrected chi connectivity index (χ1v) is 7.97. The van der Waals surface area contributed by atoms with Crippen molar-refractivity contribution < 1.29 is 0 Å². The second kappa shape index (κ2) is 6.57. The van der Waals surface area contributed by atoms with Gasteiger partial charge in [-0.05, 0) is 31.6 Å². The summed E-state index contributed by atoms with van der Waals surface area (Å²) >= 11 is 0. The Morgan fingerprint density at radius 1 is 1.11 bits per heavy atom. The lowest BCUT2D eigenvalue weighted by Gasteiger charge is -2.39. The first kappa shape index (κ1) is 13.9. The Morgan fingerprint density at radius 3 is 2.44 bits per heavy atom. The van der Waals surface area contributed by atoms with Gasteiger partial charge in [-0.15, -0.1) is 0 Å². The van der Waals surface area contributed by atoms with E-state index in [2.05, 4.69) is 18.3 Å². The van der Waals surface area contributed by atoms with Gasteiger partial charge in [-0.3, -0.25) is 5.32 Å². The number of rotatable bonds is 3. The van der Waals surface area contributed by atoms with Crippen molar-refractivity contribution in [2.45, 2.75) is 89.1 Å². The maximum Gasteiger partial charge on any atom is 0.107 e. The summed E-state index contributed by atoms with van der Waals surface area (Å²) in [4.78, 5) is 0. The van der Waals surface area contributed by atoms with Gasteiger partial charge in [0.1, 0.15) is 5.54 Å². The van der Waals surface area contributed by atoms with Crippen LogP contribution in [0.3, 0.4) is 0 Å². The van der Waals surface area contributed by atoms with Crippen molar-refractivity contribution in [3.8, 4) is 6.07 Å². The highest BCUT2D eigenvalue weighted by Gasteiger charge is 2.37. The zero-order valence-corrected chi connectivity index (χ0v) is 11.9. The van der Waals surface area contributed by atoms with Gasteiger partial charge in [0.25, 0.3) is 0 Å². The Morgan fingerprint density at radius 2 is 1.83 bits per heavy atom. The van der Waals surface area contributed by atoms with Gasteiger partial charge in [0.2, 0.25) is 0 Å². The maximum absolute atomic E-state index is 9.64. The van der Waals surface area contributed by atoms with E-state index in [1.165, 1.54) is 57.8 Å². The minimum absolute atomic E-state index is 0.200. The first-order chi connectivity index (χ1) is 8.78. The number of nitrogens with zero attached hydrogens (tertiary/aromatic N) is 1. The minimum Gasteiger partial charge on any atom is -0.297 e. The largest absolute Gasteiger partial charge is 0.297 e. The third kappa shape index (κ3) is 3.48. The van der Waals surface area contributed by atoms with E-state index in [1.807, 2.05) is 0 Å². The van der Waals surface area contributed by atoms with Crippen molar-refractivity contribution in [2.75, 3.05) is 0 Å². The average molecular weight is 248 g/mol. The Hall–Kier alpha value is -0.550. The Labute approximate surface area is 112 Å². The lowest BCUT2D eigenvalue weighted by molar-refractivity contribution is 0.201. The van der Waals surface area contributed by atoms with Gasteiger partial charge in [0, 0.05) is 6.04 Å². The van der Waals surface area contributed by atoms with E-state index < -0.39 is 0 Å². The quantitative estimate of drug-likeness (QED) is 0.761. The van der Waals surface area contributed by atoms with Gasteiger partial charge in [-0.2, -0.15) is 5.26 Å². The van der Waals surface area contributed by atoms with Crippen molar-refractivity contribution in [1.82, 2.24) is 5.32 Å². The second-order valence-corrected chi connectivity index (χ2v) is 6.40. The summed E-state index contributed by atoms with van der Waals surface area (Å²) in [6.07, 6.45) is 13.9. The van der Waals surface area contributed by atoms with E-state index >= 15 is 0 Å². The zero-order chi connectivity index (χ0) is 12.8. The summed E-state index contributed by atoms with van der Waals surface area (Å²) in [5.74, 6) is 0.761. The smallest absolute Gasteiger partial charge is 0.107 e. The highest BCUT2D eigenvalue weighted by molar-refractivity contribution is 5.10. The standard InChI is InChI=1S/C16H28N2/c1-2-14-8-7-11-16(12-14,13-17)18-15-9-5-3-4-6-10-15/h14-15,18H,2-12H2,1H3. The number of hydrogen-bond acceptors (Lipinski definition) is 2. The fourth-order valence-corrected chi connectivity index (χ4v) is 3.82. The Kier molecular flexibility index (Phi) is 5.06. The highest BCUT2D eigenvalue weighted by Crippen LogP contribution is 2.35. The molecular formula is C16H28N2. The fourth-order valence-electron chi connectivity index (χ4n) is 3.82. The first-order valence-electron chi connectivity index (χ1n) is 7.97. The van der Waals surface area contributed by atoms with Crippen LogP contribution in [0.5, 0.6) is 0 Å². The summed E-state index contributed by atoms with van der Waals surface area (Å²) in [5, 5.41) is 13.4. The predicted molar refractivity (Wildman–Crippen MR) is 75.2 cm³/mol. The van der Waals surface area contributed by atoms with E-state index in [-0.39, 0.29) is 5.54 Å². The molecule has 0 bridgehead atoms. The molecule has 2 saturated carbocycles. The van der Waals surface area contributed by atoms with Crippen molar-refractivity contribution in [1.29, 1.82) is 5.26 Å². The van der Waals surface area contributed by atoms with E-state index in [1.54, 1.807) is 0 Å². The van der Waals surface area contributed by atoms with E-state index in [9.17, 15) is 5.26 Å². The molecule has 1 N–H and O–H groups in total. The van der Waals surface area contributed by atoms with Crippen LogP contribution in [0.2, 0.25) is 0 Å². The molecule has 102 valence electrons. The van der Waals surface area contributed by atoms with Gasteiger partial charge in [0.15, 0.2) is 0 Å². The van der Waals surface area contributed by atoms with Crippen LogP contribution < -0.4 is 5.32 Å². The number of nitriles is 1. The molecule has 2 unspecified atom stereocenters. The zero-order valence-electron chi connectivity index (χ0n) is 11.9. The van der Waals surface area contributed by atoms with E-state index in [0.717, 1.165) is 18.8 Å². The normalized spacial score (nSPS) is 34.8. The third-order valence-electron chi connectivity index (χ3n) is 4.98. The Bertz CT molecular complexity index is 286. The molecule has 2 aliphatic carbocycles. The molecule has 0 saturated heterocycles. The summed E-state index contributed by atoms with van der Waals surface area (Å²) in [6.45, 7) is 2.27.